The van der Waals surface area contributed by atoms with E-state index in [0.29, 0.717) is 18.4 Å². The van der Waals surface area contributed by atoms with Crippen molar-refractivity contribution in [1.82, 2.24) is 9.97 Å². The number of carbonyl (C=O) groups is 2. The quantitative estimate of drug-likeness (QED) is 0.348. The SMILES string of the molecule is C=CC1=C(C)c2cc3[n-]c(cc4[nH+]c(cc5[n-]c(cc1[nH+]2)c(C)c5CCC(=O)O)C(CCC(=O)O)=C4C)c(C)c3C=C.[Mg+2]. The van der Waals surface area contributed by atoms with Crippen LogP contribution in [0.3, 0.4) is 0 Å². The number of hydrogen-bond donors (Lipinski definition) is 2. The van der Waals surface area contributed by atoms with Gasteiger partial charge in [0.15, 0.2) is 0 Å². The van der Waals surface area contributed by atoms with E-state index in [1.165, 1.54) is 0 Å². The topological polar surface area (TPSA) is 131 Å². The van der Waals surface area contributed by atoms with Crippen molar-refractivity contribution in [3.05, 3.63) is 88.5 Å². The van der Waals surface area contributed by atoms with E-state index in [-0.39, 0.29) is 35.9 Å². The van der Waals surface area contributed by atoms with Crippen LogP contribution in [-0.2, 0) is 16.0 Å². The molecule has 214 valence electrons. The summed E-state index contributed by atoms with van der Waals surface area (Å²) in [6.07, 6.45) is 4.22. The van der Waals surface area contributed by atoms with Crippen molar-refractivity contribution in [3.8, 4) is 0 Å². The monoisotopic (exact) mass is 586 g/mol. The number of aliphatic carboxylic acids is 2. The third-order valence-electron chi connectivity index (χ3n) is 8.22. The molecule has 3 aromatic heterocycles. The van der Waals surface area contributed by atoms with E-state index >= 15 is 0 Å². The van der Waals surface area contributed by atoms with E-state index in [2.05, 4.69) is 23.1 Å². The number of aromatic amines is 2. The van der Waals surface area contributed by atoms with Crippen LogP contribution in [0.15, 0.2) is 43.5 Å². The van der Waals surface area contributed by atoms with E-state index in [1.807, 2.05) is 64.1 Å². The second-order valence-electron chi connectivity index (χ2n) is 10.7. The molecular formula is C34H34MgN4O4+2. The van der Waals surface area contributed by atoms with Crippen LogP contribution >= 0.6 is 0 Å². The van der Waals surface area contributed by atoms with Crippen LogP contribution in [0.25, 0.3) is 50.4 Å². The van der Waals surface area contributed by atoms with Gasteiger partial charge in [-0.25, -0.2) is 9.97 Å². The molecule has 2 aliphatic rings. The number of hydrogen-bond acceptors (Lipinski definition) is 2. The van der Waals surface area contributed by atoms with Gasteiger partial charge in [-0.2, -0.15) is 0 Å². The summed E-state index contributed by atoms with van der Waals surface area (Å²) in [5.41, 5.74) is 13.7. The molecule has 0 unspecified atom stereocenters. The van der Waals surface area contributed by atoms with Crippen molar-refractivity contribution >= 4 is 85.4 Å². The molecule has 0 aliphatic carbocycles. The van der Waals surface area contributed by atoms with Crippen molar-refractivity contribution in [2.24, 2.45) is 0 Å². The van der Waals surface area contributed by atoms with Crippen molar-refractivity contribution < 1.29 is 29.8 Å². The Hall–Kier alpha value is -4.21. The van der Waals surface area contributed by atoms with Gasteiger partial charge < -0.3 is 20.2 Å². The van der Waals surface area contributed by atoms with Crippen LogP contribution in [0, 0.1) is 13.8 Å². The molecule has 43 heavy (non-hydrogen) atoms. The Morgan fingerprint density at radius 1 is 0.721 bits per heavy atom. The molecular weight excluding hydrogens is 553 g/mol. The van der Waals surface area contributed by atoms with Crippen LogP contribution in [0.1, 0.15) is 78.1 Å². The number of rotatable bonds is 8. The van der Waals surface area contributed by atoms with Gasteiger partial charge in [0.05, 0.1) is 5.57 Å². The molecule has 8 bridgehead atoms. The Balaban J connectivity index is 0.00000423. The van der Waals surface area contributed by atoms with Gasteiger partial charge in [0, 0.05) is 29.6 Å². The van der Waals surface area contributed by atoms with E-state index < -0.39 is 11.9 Å². The van der Waals surface area contributed by atoms with Gasteiger partial charge in [-0.3, -0.25) is 9.59 Å². The van der Waals surface area contributed by atoms with Crippen molar-refractivity contribution in [2.75, 3.05) is 0 Å². The number of aromatic nitrogens is 4. The number of aryl methyl sites for hydroxylation is 3. The van der Waals surface area contributed by atoms with Gasteiger partial charge in [0.2, 0.25) is 22.8 Å². The van der Waals surface area contributed by atoms with E-state index in [1.54, 1.807) is 0 Å². The van der Waals surface area contributed by atoms with Gasteiger partial charge >= 0.3 is 35.0 Å². The summed E-state index contributed by atoms with van der Waals surface area (Å²) in [5.74, 6) is -1.76. The maximum Gasteiger partial charge on any atom is 2.00 e. The molecule has 9 heteroatoms. The molecule has 5 heterocycles. The van der Waals surface area contributed by atoms with Gasteiger partial charge in [-0.1, -0.05) is 42.0 Å². The molecule has 3 aromatic rings. The van der Waals surface area contributed by atoms with Gasteiger partial charge in [-0.15, -0.1) is 22.1 Å². The molecule has 0 radical (unpaired) electrons. The summed E-state index contributed by atoms with van der Waals surface area (Å²) in [6.45, 7) is 16.0. The number of fused-ring (bicyclic) bond motifs is 8. The number of allylic oxidation sites excluding steroid dienone is 5. The maximum absolute atomic E-state index is 11.5. The van der Waals surface area contributed by atoms with E-state index in [4.69, 9.17) is 9.97 Å². The average Bonchev–Trinajstić information content (AvgIpc) is 3.59. The number of carboxylic acid groups (broad SMARTS) is 2. The first-order valence-electron chi connectivity index (χ1n) is 13.9. The molecule has 2 aliphatic heterocycles. The van der Waals surface area contributed by atoms with Crippen molar-refractivity contribution in [1.29, 1.82) is 0 Å². The van der Waals surface area contributed by atoms with Crippen LogP contribution in [0.4, 0.5) is 0 Å². The second kappa shape index (κ2) is 12.6. The van der Waals surface area contributed by atoms with Crippen molar-refractivity contribution in [2.45, 2.75) is 53.4 Å². The first-order valence-corrected chi connectivity index (χ1v) is 13.9. The number of H-pyrrole nitrogens is 2. The number of carboxylic acids is 2. The Morgan fingerprint density at radius 3 is 1.91 bits per heavy atom. The summed E-state index contributed by atoms with van der Waals surface area (Å²) in [7, 11) is 0. The fourth-order valence-corrected chi connectivity index (χ4v) is 5.77. The summed E-state index contributed by atoms with van der Waals surface area (Å²) in [6, 6.07) is 7.88. The Kier molecular flexibility index (Phi) is 9.27. The van der Waals surface area contributed by atoms with Gasteiger partial charge in [0.1, 0.15) is 0 Å². The zero-order chi connectivity index (χ0) is 30.3. The zero-order valence-electron chi connectivity index (χ0n) is 25.0. The Labute approximate surface area is 266 Å². The first-order chi connectivity index (χ1) is 20.0. The summed E-state index contributed by atoms with van der Waals surface area (Å²) in [5, 5.41) is 18.9. The molecule has 5 rings (SSSR count). The average molecular weight is 587 g/mol. The minimum absolute atomic E-state index is 0. The second-order valence-corrected chi connectivity index (χ2v) is 10.7. The predicted octanol–water partition coefficient (Wildman–Crippen LogP) is 5.22. The normalized spacial score (nSPS) is 12.7. The van der Waals surface area contributed by atoms with E-state index in [9.17, 15) is 19.8 Å². The first kappa shape index (κ1) is 31.7. The Morgan fingerprint density at radius 2 is 1.26 bits per heavy atom. The molecule has 0 aromatic carbocycles. The largest absolute Gasteiger partial charge is 2.00 e. The fourth-order valence-electron chi connectivity index (χ4n) is 5.77. The standard InChI is InChI=1S/C34H34N4O4.Mg/c1-7-21-17(3)25-13-26-19(5)23(9-11-33(39)40)31(37-26)16-32-24(10-12-34(41)42)20(6)28(38-32)15-30-22(8-2)18(4)27(36-30)14-29(21)35-25;/h7-8,13-16H,1-2,9-12H2,3-6H3,(H4,35,36,37,38,39,40,41,42);/q;+2. The van der Waals surface area contributed by atoms with E-state index in [0.717, 1.165) is 83.9 Å². The van der Waals surface area contributed by atoms with Crippen molar-refractivity contribution in [3.63, 3.8) is 0 Å². The summed E-state index contributed by atoms with van der Waals surface area (Å²) < 4.78 is 0. The minimum atomic E-state index is -0.884. The maximum atomic E-state index is 11.5. The molecule has 8 nitrogen and oxygen atoms in total. The smallest absolute Gasteiger partial charge is 0.657 e. The molecule has 4 N–H and O–H groups in total. The van der Waals surface area contributed by atoms with Crippen LogP contribution < -0.4 is 19.9 Å². The Bertz CT molecular complexity index is 1920. The minimum Gasteiger partial charge on any atom is -0.657 e. The molecule has 0 fully saturated rings. The molecule has 0 amide bonds. The molecule has 0 saturated carbocycles. The summed E-state index contributed by atoms with van der Waals surface area (Å²) >= 11 is 0. The third-order valence-corrected chi connectivity index (χ3v) is 8.22. The zero-order valence-corrected chi connectivity index (χ0v) is 26.4. The molecule has 0 atom stereocenters. The number of nitrogens with one attached hydrogen (secondary N) is 2. The molecule has 0 saturated heterocycles. The fraction of sp³-hybridized carbons (Fsp3) is 0.235. The number of nitrogens with zero attached hydrogens (tertiary/aromatic N) is 2. The van der Waals surface area contributed by atoms with Gasteiger partial charge in [-0.05, 0) is 70.4 Å². The van der Waals surface area contributed by atoms with Crippen LogP contribution in [0.2, 0.25) is 0 Å². The third kappa shape index (κ3) is 6.00. The van der Waals surface area contributed by atoms with Gasteiger partial charge in [0.25, 0.3) is 0 Å². The predicted molar refractivity (Wildman–Crippen MR) is 170 cm³/mol. The summed E-state index contributed by atoms with van der Waals surface area (Å²) in [4.78, 5) is 40.0. The van der Waals surface area contributed by atoms with Crippen LogP contribution in [-0.4, -0.2) is 45.2 Å². The molecule has 0 spiro atoms. The van der Waals surface area contributed by atoms with Crippen LogP contribution in [0.5, 0.6) is 0 Å².